The summed E-state index contributed by atoms with van der Waals surface area (Å²) in [6.45, 7) is 0.0887. The Labute approximate surface area is 169 Å². The zero-order valence-electron chi connectivity index (χ0n) is 15.1. The van der Waals surface area contributed by atoms with Crippen molar-refractivity contribution in [2.75, 3.05) is 0 Å². The quantitative estimate of drug-likeness (QED) is 0.509. The number of pyridine rings is 1. The van der Waals surface area contributed by atoms with Crippen LogP contribution in [0.3, 0.4) is 0 Å². The van der Waals surface area contributed by atoms with Crippen LogP contribution in [-0.4, -0.2) is 24.7 Å². The van der Waals surface area contributed by atoms with Gasteiger partial charge in [-0.25, -0.2) is 14.4 Å². The Balaban J connectivity index is 1.32. The molecule has 0 aliphatic heterocycles. The van der Waals surface area contributed by atoms with Crippen LogP contribution in [0.4, 0.5) is 4.39 Å². The molecule has 29 heavy (non-hydrogen) atoms. The fourth-order valence-corrected chi connectivity index (χ4v) is 3.85. The van der Waals surface area contributed by atoms with Crippen LogP contribution in [0, 0.1) is 0 Å². The highest BCUT2D eigenvalue weighted by molar-refractivity contribution is 6.30. The van der Waals surface area contributed by atoms with Crippen LogP contribution >= 0.6 is 11.6 Å². The molecule has 1 aliphatic carbocycles. The van der Waals surface area contributed by atoms with Gasteiger partial charge in [0.15, 0.2) is 11.5 Å². The van der Waals surface area contributed by atoms with Crippen LogP contribution in [0.25, 0.3) is 11.0 Å². The maximum absolute atomic E-state index is 15.1. The Bertz CT molecular complexity index is 1260. The van der Waals surface area contributed by atoms with Crippen molar-refractivity contribution in [2.45, 2.75) is 31.0 Å². The third-order valence-electron chi connectivity index (χ3n) is 5.23. The van der Waals surface area contributed by atoms with Gasteiger partial charge in [0.05, 0.1) is 5.39 Å². The summed E-state index contributed by atoms with van der Waals surface area (Å²) in [5.41, 5.74) is -0.736. The van der Waals surface area contributed by atoms with E-state index in [1.807, 2.05) is 0 Å². The number of halogens is 2. The number of hydrogen-bond acceptors (Lipinski definition) is 6. The number of rotatable bonds is 4. The van der Waals surface area contributed by atoms with Crippen LogP contribution in [0.15, 0.2) is 58.2 Å². The maximum Gasteiger partial charge on any atom is 0.263 e. The topological polar surface area (TPSA) is 86.7 Å². The second kappa shape index (κ2) is 6.73. The van der Waals surface area contributed by atoms with Gasteiger partial charge in [-0.1, -0.05) is 28.9 Å². The number of fused-ring (bicyclic) bond motifs is 1. The molecule has 1 aliphatic rings. The van der Waals surface area contributed by atoms with Crippen LogP contribution < -0.4 is 5.56 Å². The molecule has 146 valence electrons. The van der Waals surface area contributed by atoms with Gasteiger partial charge in [-0.05, 0) is 42.7 Å². The number of hydrogen-bond donors (Lipinski definition) is 0. The molecule has 1 fully saturated rings. The Kier molecular flexibility index (Phi) is 4.16. The molecule has 0 radical (unpaired) electrons. The van der Waals surface area contributed by atoms with E-state index in [0.717, 1.165) is 0 Å². The molecule has 0 saturated heterocycles. The minimum Gasteiger partial charge on any atom is -0.337 e. The Hall–Kier alpha value is -3.13. The highest BCUT2D eigenvalue weighted by Gasteiger charge is 2.48. The summed E-state index contributed by atoms with van der Waals surface area (Å²) in [5, 5.41) is 4.90. The van der Waals surface area contributed by atoms with Crippen LogP contribution in [0.5, 0.6) is 0 Å². The van der Waals surface area contributed by atoms with Crippen molar-refractivity contribution in [1.82, 2.24) is 24.7 Å². The molecule has 0 atom stereocenters. The number of nitrogens with zero attached hydrogens (tertiary/aromatic N) is 5. The lowest BCUT2D eigenvalue weighted by Crippen LogP contribution is -2.36. The van der Waals surface area contributed by atoms with Crippen molar-refractivity contribution in [2.24, 2.45) is 0 Å². The van der Waals surface area contributed by atoms with Gasteiger partial charge < -0.3 is 4.52 Å². The molecule has 7 nitrogen and oxygen atoms in total. The lowest BCUT2D eigenvalue weighted by Gasteiger charge is -2.40. The van der Waals surface area contributed by atoms with Crippen LogP contribution in [0.2, 0.25) is 5.02 Å². The average molecular weight is 412 g/mol. The predicted molar refractivity (Wildman–Crippen MR) is 103 cm³/mol. The molecule has 9 heteroatoms. The minimum absolute atomic E-state index is 0.0887. The molecule has 0 spiro atoms. The number of aromatic nitrogens is 5. The molecule has 1 aromatic carbocycles. The van der Waals surface area contributed by atoms with Crippen molar-refractivity contribution >= 4 is 22.6 Å². The standard InChI is InChI=1S/C20H15ClFN5O2/c21-14-4-1-3-13(7-14)20(22)8-12(9-20)17-25-16(29-26-17)10-27-11-24-18-15(19(27)28)5-2-6-23-18/h1-7,11-12H,8-10H2/t12-,20+. The molecule has 0 bridgehead atoms. The van der Waals surface area contributed by atoms with Gasteiger partial charge in [0.1, 0.15) is 18.5 Å². The van der Waals surface area contributed by atoms with Crippen molar-refractivity contribution < 1.29 is 8.91 Å². The Morgan fingerprint density at radius 2 is 2.10 bits per heavy atom. The minimum atomic E-state index is -1.44. The molecule has 0 amide bonds. The normalized spacial score (nSPS) is 21.2. The number of benzene rings is 1. The van der Waals surface area contributed by atoms with Crippen LogP contribution in [-0.2, 0) is 12.2 Å². The summed E-state index contributed by atoms with van der Waals surface area (Å²) >= 11 is 5.97. The maximum atomic E-state index is 15.1. The van der Waals surface area contributed by atoms with Gasteiger partial charge in [-0.2, -0.15) is 4.98 Å². The van der Waals surface area contributed by atoms with E-state index in [1.54, 1.807) is 42.6 Å². The van der Waals surface area contributed by atoms with E-state index >= 15 is 4.39 Å². The van der Waals surface area contributed by atoms with Gasteiger partial charge in [-0.15, -0.1) is 0 Å². The van der Waals surface area contributed by atoms with E-state index in [2.05, 4.69) is 20.1 Å². The highest BCUT2D eigenvalue weighted by atomic mass is 35.5. The fourth-order valence-electron chi connectivity index (χ4n) is 3.66. The Morgan fingerprint density at radius 1 is 1.24 bits per heavy atom. The predicted octanol–water partition coefficient (Wildman–Crippen LogP) is 3.62. The van der Waals surface area contributed by atoms with E-state index in [1.165, 1.54) is 10.9 Å². The summed E-state index contributed by atoms with van der Waals surface area (Å²) in [6.07, 6.45) is 3.50. The lowest BCUT2D eigenvalue weighted by molar-refractivity contribution is 0.0336. The summed E-state index contributed by atoms with van der Waals surface area (Å²) in [4.78, 5) is 25.1. The third kappa shape index (κ3) is 3.19. The van der Waals surface area contributed by atoms with Gasteiger partial charge in [0, 0.05) is 17.1 Å². The monoisotopic (exact) mass is 411 g/mol. The van der Waals surface area contributed by atoms with Crippen molar-refractivity contribution in [1.29, 1.82) is 0 Å². The molecular weight excluding hydrogens is 397 g/mol. The Morgan fingerprint density at radius 3 is 2.93 bits per heavy atom. The van der Waals surface area contributed by atoms with E-state index < -0.39 is 5.67 Å². The lowest BCUT2D eigenvalue weighted by atomic mass is 9.68. The van der Waals surface area contributed by atoms with E-state index in [9.17, 15) is 4.79 Å². The summed E-state index contributed by atoms with van der Waals surface area (Å²) in [6, 6.07) is 10.2. The second-order valence-corrected chi connectivity index (χ2v) is 7.62. The van der Waals surface area contributed by atoms with Crippen molar-refractivity contribution in [3.63, 3.8) is 0 Å². The molecular formula is C20H15ClFN5O2. The first-order valence-corrected chi connectivity index (χ1v) is 9.47. The highest BCUT2D eigenvalue weighted by Crippen LogP contribution is 2.53. The first-order chi connectivity index (χ1) is 14.0. The molecule has 4 aromatic rings. The van der Waals surface area contributed by atoms with Gasteiger partial charge in [0.2, 0.25) is 5.89 Å². The first-order valence-electron chi connectivity index (χ1n) is 9.09. The average Bonchev–Trinajstić information content (AvgIpc) is 3.16. The molecule has 3 heterocycles. The van der Waals surface area contributed by atoms with E-state index in [4.69, 9.17) is 16.1 Å². The molecule has 0 N–H and O–H groups in total. The van der Waals surface area contributed by atoms with E-state index in [-0.39, 0.29) is 36.8 Å². The molecule has 3 aromatic heterocycles. The molecule has 5 rings (SSSR count). The van der Waals surface area contributed by atoms with Gasteiger partial charge in [0.25, 0.3) is 5.56 Å². The van der Waals surface area contributed by atoms with Gasteiger partial charge in [-0.3, -0.25) is 9.36 Å². The second-order valence-electron chi connectivity index (χ2n) is 7.18. The van der Waals surface area contributed by atoms with Crippen molar-refractivity contribution in [3.05, 3.63) is 81.6 Å². The summed E-state index contributed by atoms with van der Waals surface area (Å²) in [7, 11) is 0. The first kappa shape index (κ1) is 17.9. The fraction of sp³-hybridized carbons (Fsp3) is 0.250. The largest absolute Gasteiger partial charge is 0.337 e. The van der Waals surface area contributed by atoms with Crippen LogP contribution in [0.1, 0.15) is 36.0 Å². The van der Waals surface area contributed by atoms with Crippen molar-refractivity contribution in [3.8, 4) is 0 Å². The number of alkyl halides is 1. The summed E-state index contributed by atoms with van der Waals surface area (Å²) < 4.78 is 21.8. The zero-order valence-corrected chi connectivity index (χ0v) is 15.9. The molecule has 0 unspecified atom stereocenters. The SMILES string of the molecule is O=c1c2cccnc2ncn1Cc1nc([C@H]2C[C@](F)(c3cccc(Cl)c3)C2)no1. The zero-order chi connectivity index (χ0) is 20.0. The smallest absolute Gasteiger partial charge is 0.263 e. The van der Waals surface area contributed by atoms with E-state index in [0.29, 0.717) is 27.4 Å². The van der Waals surface area contributed by atoms with Gasteiger partial charge >= 0.3 is 0 Å². The summed E-state index contributed by atoms with van der Waals surface area (Å²) in [5.74, 6) is 0.567. The third-order valence-corrected chi connectivity index (χ3v) is 5.47. The molecule has 1 saturated carbocycles.